The SMILES string of the molecule is CSCCOC1CCC(CO)CC1. The second kappa shape index (κ2) is 6.68. The minimum atomic E-state index is 0.359. The van der Waals surface area contributed by atoms with Crippen LogP contribution < -0.4 is 0 Å². The first-order valence-corrected chi connectivity index (χ1v) is 6.47. The Morgan fingerprint density at radius 1 is 1.31 bits per heavy atom. The van der Waals surface area contributed by atoms with Crippen molar-refractivity contribution in [2.24, 2.45) is 5.92 Å². The third-order valence-corrected chi connectivity index (χ3v) is 3.27. The van der Waals surface area contributed by atoms with E-state index < -0.39 is 0 Å². The quantitative estimate of drug-likeness (QED) is 0.694. The smallest absolute Gasteiger partial charge is 0.0575 e. The molecule has 0 aliphatic heterocycles. The molecule has 1 saturated carbocycles. The molecule has 0 radical (unpaired) electrons. The third kappa shape index (κ3) is 4.34. The van der Waals surface area contributed by atoms with E-state index in [2.05, 4.69) is 6.26 Å². The Hall–Kier alpha value is 0.270. The first kappa shape index (κ1) is 11.3. The van der Waals surface area contributed by atoms with Crippen molar-refractivity contribution in [2.45, 2.75) is 31.8 Å². The maximum absolute atomic E-state index is 8.95. The van der Waals surface area contributed by atoms with E-state index in [4.69, 9.17) is 9.84 Å². The van der Waals surface area contributed by atoms with E-state index in [9.17, 15) is 0 Å². The zero-order valence-corrected chi connectivity index (χ0v) is 9.18. The van der Waals surface area contributed by atoms with Crippen molar-refractivity contribution in [1.29, 1.82) is 0 Å². The van der Waals surface area contributed by atoms with E-state index in [0.717, 1.165) is 38.0 Å². The number of hydrogen-bond acceptors (Lipinski definition) is 3. The zero-order chi connectivity index (χ0) is 9.52. The van der Waals surface area contributed by atoms with Crippen molar-refractivity contribution in [3.63, 3.8) is 0 Å². The maximum atomic E-state index is 8.95. The molecule has 1 aliphatic carbocycles. The molecule has 0 unspecified atom stereocenters. The Morgan fingerprint density at radius 3 is 2.54 bits per heavy atom. The van der Waals surface area contributed by atoms with Crippen LogP contribution in [0.3, 0.4) is 0 Å². The second-order valence-electron chi connectivity index (χ2n) is 3.69. The van der Waals surface area contributed by atoms with Gasteiger partial charge < -0.3 is 9.84 Å². The summed E-state index contributed by atoms with van der Waals surface area (Å²) in [7, 11) is 0. The molecule has 0 aromatic carbocycles. The van der Waals surface area contributed by atoms with Gasteiger partial charge in [-0.1, -0.05) is 0 Å². The molecule has 1 fully saturated rings. The lowest BCUT2D eigenvalue weighted by atomic mass is 9.88. The molecule has 1 rings (SSSR count). The Bertz CT molecular complexity index is 119. The Kier molecular flexibility index (Phi) is 5.83. The molecule has 2 nitrogen and oxygen atoms in total. The van der Waals surface area contributed by atoms with Gasteiger partial charge in [0.1, 0.15) is 0 Å². The highest BCUT2D eigenvalue weighted by Gasteiger charge is 2.20. The fraction of sp³-hybridized carbons (Fsp3) is 1.00. The van der Waals surface area contributed by atoms with E-state index in [-0.39, 0.29) is 0 Å². The number of rotatable bonds is 5. The summed E-state index contributed by atoms with van der Waals surface area (Å²) in [5, 5.41) is 8.95. The number of aliphatic hydroxyl groups is 1. The Morgan fingerprint density at radius 2 is 2.00 bits per heavy atom. The normalized spacial score (nSPS) is 29.1. The summed E-state index contributed by atoms with van der Waals surface area (Å²) in [5.41, 5.74) is 0. The average molecular weight is 204 g/mol. The van der Waals surface area contributed by atoms with E-state index in [1.807, 2.05) is 11.8 Å². The Labute approximate surface area is 85.0 Å². The zero-order valence-electron chi connectivity index (χ0n) is 8.37. The molecule has 78 valence electrons. The van der Waals surface area contributed by atoms with Crippen molar-refractivity contribution >= 4 is 11.8 Å². The molecule has 3 heteroatoms. The number of hydrogen-bond donors (Lipinski definition) is 1. The minimum Gasteiger partial charge on any atom is -0.396 e. The van der Waals surface area contributed by atoms with Crippen molar-refractivity contribution in [3.05, 3.63) is 0 Å². The minimum absolute atomic E-state index is 0.359. The number of ether oxygens (including phenoxy) is 1. The average Bonchev–Trinajstić information content (AvgIpc) is 2.19. The fourth-order valence-electron chi connectivity index (χ4n) is 1.78. The summed E-state index contributed by atoms with van der Waals surface area (Å²) < 4.78 is 5.71. The molecule has 0 heterocycles. The molecular weight excluding hydrogens is 184 g/mol. The van der Waals surface area contributed by atoms with Crippen LogP contribution in [0.25, 0.3) is 0 Å². The lowest BCUT2D eigenvalue weighted by Gasteiger charge is -2.27. The fourth-order valence-corrected chi connectivity index (χ4v) is 2.04. The molecule has 0 aromatic heterocycles. The van der Waals surface area contributed by atoms with E-state index in [0.29, 0.717) is 18.6 Å². The van der Waals surface area contributed by atoms with E-state index in [1.165, 1.54) is 0 Å². The highest BCUT2D eigenvalue weighted by atomic mass is 32.2. The van der Waals surface area contributed by atoms with Crippen LogP contribution in [0.15, 0.2) is 0 Å². The lowest BCUT2D eigenvalue weighted by Crippen LogP contribution is -2.24. The summed E-state index contributed by atoms with van der Waals surface area (Å²) in [6, 6.07) is 0. The molecule has 13 heavy (non-hydrogen) atoms. The summed E-state index contributed by atoms with van der Waals surface area (Å²) >= 11 is 1.83. The summed E-state index contributed by atoms with van der Waals surface area (Å²) in [6.45, 7) is 1.24. The molecular formula is C10H20O2S. The van der Waals surface area contributed by atoms with Crippen molar-refractivity contribution in [2.75, 3.05) is 25.2 Å². The van der Waals surface area contributed by atoms with Gasteiger partial charge in [-0.2, -0.15) is 11.8 Å². The summed E-state index contributed by atoms with van der Waals surface area (Å²) in [4.78, 5) is 0. The van der Waals surface area contributed by atoms with Crippen LogP contribution in [0, 0.1) is 5.92 Å². The molecule has 1 N–H and O–H groups in total. The molecule has 0 aromatic rings. The Balaban J connectivity index is 2.03. The monoisotopic (exact) mass is 204 g/mol. The van der Waals surface area contributed by atoms with Crippen molar-refractivity contribution in [3.8, 4) is 0 Å². The first-order valence-electron chi connectivity index (χ1n) is 5.08. The van der Waals surface area contributed by atoms with Gasteiger partial charge in [-0.15, -0.1) is 0 Å². The molecule has 0 amide bonds. The van der Waals surface area contributed by atoms with Gasteiger partial charge in [0, 0.05) is 12.4 Å². The van der Waals surface area contributed by atoms with Gasteiger partial charge in [-0.05, 0) is 37.9 Å². The van der Waals surface area contributed by atoms with Gasteiger partial charge in [0.2, 0.25) is 0 Å². The van der Waals surface area contributed by atoms with Crippen molar-refractivity contribution in [1.82, 2.24) is 0 Å². The highest BCUT2D eigenvalue weighted by molar-refractivity contribution is 7.98. The summed E-state index contributed by atoms with van der Waals surface area (Å²) in [6.07, 6.45) is 7.13. The van der Waals surface area contributed by atoms with Crippen LogP contribution in [-0.2, 0) is 4.74 Å². The standard InChI is InChI=1S/C10H20O2S/c1-13-7-6-12-10-4-2-9(8-11)3-5-10/h9-11H,2-8H2,1H3. The van der Waals surface area contributed by atoms with Crippen LogP contribution in [0.4, 0.5) is 0 Å². The number of thioether (sulfide) groups is 1. The van der Waals surface area contributed by atoms with Crippen LogP contribution in [-0.4, -0.2) is 36.4 Å². The van der Waals surface area contributed by atoms with E-state index in [1.54, 1.807) is 0 Å². The second-order valence-corrected chi connectivity index (χ2v) is 4.67. The largest absolute Gasteiger partial charge is 0.396 e. The van der Waals surface area contributed by atoms with Crippen LogP contribution >= 0.6 is 11.8 Å². The lowest BCUT2D eigenvalue weighted by molar-refractivity contribution is 0.0197. The summed E-state index contributed by atoms with van der Waals surface area (Å²) in [5.74, 6) is 1.64. The first-order chi connectivity index (χ1) is 6.36. The van der Waals surface area contributed by atoms with Gasteiger partial charge in [0.25, 0.3) is 0 Å². The van der Waals surface area contributed by atoms with Gasteiger partial charge in [0.15, 0.2) is 0 Å². The molecule has 0 bridgehead atoms. The highest BCUT2D eigenvalue weighted by Crippen LogP contribution is 2.25. The molecule has 0 saturated heterocycles. The van der Waals surface area contributed by atoms with Crippen molar-refractivity contribution < 1.29 is 9.84 Å². The molecule has 0 atom stereocenters. The van der Waals surface area contributed by atoms with Crippen LogP contribution in [0.2, 0.25) is 0 Å². The molecule has 0 spiro atoms. The van der Waals surface area contributed by atoms with Gasteiger partial charge >= 0.3 is 0 Å². The predicted octanol–water partition coefficient (Wildman–Crippen LogP) is 1.92. The van der Waals surface area contributed by atoms with Gasteiger partial charge in [0.05, 0.1) is 12.7 Å². The van der Waals surface area contributed by atoms with E-state index >= 15 is 0 Å². The topological polar surface area (TPSA) is 29.5 Å². The van der Waals surface area contributed by atoms with Crippen LogP contribution in [0.1, 0.15) is 25.7 Å². The third-order valence-electron chi connectivity index (χ3n) is 2.69. The molecule has 1 aliphatic rings. The number of aliphatic hydroxyl groups excluding tert-OH is 1. The van der Waals surface area contributed by atoms with Crippen LogP contribution in [0.5, 0.6) is 0 Å². The van der Waals surface area contributed by atoms with Gasteiger partial charge in [-0.25, -0.2) is 0 Å². The predicted molar refractivity (Wildman–Crippen MR) is 57.2 cm³/mol. The van der Waals surface area contributed by atoms with Gasteiger partial charge in [-0.3, -0.25) is 0 Å². The maximum Gasteiger partial charge on any atom is 0.0575 e.